The fourth-order valence-electron chi connectivity index (χ4n) is 4.73. The van der Waals surface area contributed by atoms with Crippen molar-refractivity contribution in [3.63, 3.8) is 0 Å². The molecule has 14 heteroatoms. The van der Waals surface area contributed by atoms with Gasteiger partial charge in [0.15, 0.2) is 11.7 Å². The number of non-ortho nitro benzene ring substituents is 1. The maximum Gasteiger partial charge on any atom is 0.269 e. The van der Waals surface area contributed by atoms with Crippen LogP contribution in [0.2, 0.25) is 0 Å². The van der Waals surface area contributed by atoms with Crippen molar-refractivity contribution in [3.05, 3.63) is 39.9 Å². The number of nitro benzene ring substituents is 1. The number of nitrogens with one attached hydrogen (secondary N) is 1. The average molecular weight is 561 g/mol. The average Bonchev–Trinajstić information content (AvgIpc) is 3.40. The van der Waals surface area contributed by atoms with Crippen molar-refractivity contribution in [1.29, 1.82) is 0 Å². The monoisotopic (exact) mass is 560 g/mol. The lowest BCUT2D eigenvalue weighted by atomic mass is 9.91. The molecule has 0 radical (unpaired) electrons. The Morgan fingerprint density at radius 3 is 2.38 bits per heavy atom. The van der Waals surface area contributed by atoms with E-state index in [-0.39, 0.29) is 49.1 Å². The first-order valence-corrected chi connectivity index (χ1v) is 13.4. The predicted octanol–water partition coefficient (Wildman–Crippen LogP) is -0.144. The van der Waals surface area contributed by atoms with E-state index in [4.69, 9.17) is 22.9 Å². The van der Waals surface area contributed by atoms with Gasteiger partial charge in [-0.3, -0.25) is 34.3 Å². The molecule has 220 valence electrons. The van der Waals surface area contributed by atoms with Crippen molar-refractivity contribution in [2.45, 2.75) is 69.9 Å². The molecule has 1 aliphatic rings. The first-order chi connectivity index (χ1) is 19.0. The number of nitrogens with zero attached hydrogens (tertiary/aromatic N) is 3. The smallest absolute Gasteiger partial charge is 0.269 e. The maximum absolute atomic E-state index is 13.4. The van der Waals surface area contributed by atoms with Crippen LogP contribution in [0, 0.1) is 16.0 Å². The van der Waals surface area contributed by atoms with Gasteiger partial charge in [0.25, 0.3) is 5.69 Å². The molecule has 0 unspecified atom stereocenters. The molecule has 3 atom stereocenters. The molecule has 1 fully saturated rings. The summed E-state index contributed by atoms with van der Waals surface area (Å²) < 4.78 is 0. The van der Waals surface area contributed by atoms with Crippen LogP contribution >= 0.6 is 0 Å². The number of aliphatic imine (C=N–C) groups is 1. The van der Waals surface area contributed by atoms with E-state index in [2.05, 4.69) is 10.3 Å². The largest absolute Gasteiger partial charge is 0.370 e. The van der Waals surface area contributed by atoms with Crippen LogP contribution in [0.25, 0.3) is 0 Å². The van der Waals surface area contributed by atoms with Crippen LogP contribution in [0.15, 0.2) is 29.3 Å². The molecule has 2 rings (SSSR count). The Labute approximate surface area is 233 Å². The molecule has 1 heterocycles. The fourth-order valence-corrected chi connectivity index (χ4v) is 4.73. The Morgan fingerprint density at radius 1 is 1.07 bits per heavy atom. The molecular formula is C26H40N8O6. The SMILES string of the molecule is NCCCC[C@H](CC(=O)[C@@H]1CCCN1C(=O)Cc1ccc([N+](=O)[O-])cc1)C(=O)N[C@@H](CCCN=C(N)N)C(N)=O. The lowest BCUT2D eigenvalue weighted by molar-refractivity contribution is -0.384. The summed E-state index contributed by atoms with van der Waals surface area (Å²) >= 11 is 0. The molecule has 0 saturated carbocycles. The van der Waals surface area contributed by atoms with Gasteiger partial charge < -0.3 is 33.2 Å². The molecule has 0 aliphatic carbocycles. The Bertz CT molecular complexity index is 1070. The van der Waals surface area contributed by atoms with Crippen molar-refractivity contribution in [3.8, 4) is 0 Å². The minimum Gasteiger partial charge on any atom is -0.370 e. The Balaban J connectivity index is 2.05. The highest BCUT2D eigenvalue weighted by Crippen LogP contribution is 2.24. The second kappa shape index (κ2) is 16.1. The molecule has 1 aromatic carbocycles. The van der Waals surface area contributed by atoms with Gasteiger partial charge in [-0.25, -0.2) is 0 Å². The Morgan fingerprint density at radius 2 is 1.77 bits per heavy atom. The van der Waals surface area contributed by atoms with Crippen LogP contribution in [0.4, 0.5) is 5.69 Å². The number of guanidine groups is 1. The van der Waals surface area contributed by atoms with Crippen LogP contribution in [0.1, 0.15) is 56.9 Å². The minimum atomic E-state index is -0.944. The second-order valence-electron chi connectivity index (χ2n) is 9.91. The maximum atomic E-state index is 13.4. The topological polar surface area (TPSA) is 243 Å². The van der Waals surface area contributed by atoms with Gasteiger partial charge in [0, 0.05) is 37.6 Å². The van der Waals surface area contributed by atoms with Gasteiger partial charge in [0.05, 0.1) is 17.4 Å². The van der Waals surface area contributed by atoms with Gasteiger partial charge >= 0.3 is 0 Å². The van der Waals surface area contributed by atoms with Gasteiger partial charge in [0.2, 0.25) is 17.7 Å². The van der Waals surface area contributed by atoms with Crippen LogP contribution in [0.5, 0.6) is 0 Å². The molecule has 40 heavy (non-hydrogen) atoms. The van der Waals surface area contributed by atoms with E-state index >= 15 is 0 Å². The number of rotatable bonds is 17. The molecule has 1 aliphatic heterocycles. The van der Waals surface area contributed by atoms with Crippen molar-refractivity contribution in [2.75, 3.05) is 19.6 Å². The number of Topliss-reactive ketones (excluding diaryl/α,β-unsaturated/α-hetero) is 1. The zero-order chi connectivity index (χ0) is 29.7. The fraction of sp³-hybridized carbons (Fsp3) is 0.577. The van der Waals surface area contributed by atoms with Crippen molar-refractivity contribution < 1.29 is 24.1 Å². The van der Waals surface area contributed by atoms with Crippen molar-refractivity contribution >= 4 is 35.2 Å². The highest BCUT2D eigenvalue weighted by atomic mass is 16.6. The standard InChI is InChI=1S/C26H40N8O6/c27-12-2-1-5-18(25(38)32-20(24(28)37)6-3-13-31-26(29)30)16-22(35)21-7-4-14-33(21)23(36)15-17-8-10-19(11-9-17)34(39)40/h8-11,18,20-21H,1-7,12-16,27H2,(H2,28,37)(H,32,38)(H4,29,30,31)/t18-,20+,21+/m1/s1. The molecule has 1 aromatic rings. The highest BCUT2D eigenvalue weighted by Gasteiger charge is 2.36. The van der Waals surface area contributed by atoms with Crippen molar-refractivity contribution in [1.82, 2.24) is 10.2 Å². The van der Waals surface area contributed by atoms with Gasteiger partial charge in [-0.1, -0.05) is 18.6 Å². The third kappa shape index (κ3) is 10.2. The van der Waals surface area contributed by atoms with Crippen LogP contribution in [0.3, 0.4) is 0 Å². The zero-order valence-electron chi connectivity index (χ0n) is 22.6. The van der Waals surface area contributed by atoms with Crippen LogP contribution < -0.4 is 28.3 Å². The van der Waals surface area contributed by atoms with Gasteiger partial charge in [-0.05, 0) is 50.6 Å². The van der Waals surface area contributed by atoms with E-state index in [1.807, 2.05) is 0 Å². The second-order valence-corrected chi connectivity index (χ2v) is 9.91. The number of hydrogen-bond donors (Lipinski definition) is 5. The molecule has 0 bridgehead atoms. The third-order valence-electron chi connectivity index (χ3n) is 6.88. The predicted molar refractivity (Wildman–Crippen MR) is 149 cm³/mol. The number of nitrogens with two attached hydrogens (primary N) is 4. The summed E-state index contributed by atoms with van der Waals surface area (Å²) in [6, 6.07) is 4.10. The van der Waals surface area contributed by atoms with Crippen LogP contribution in [-0.4, -0.2) is 71.0 Å². The molecule has 14 nitrogen and oxygen atoms in total. The summed E-state index contributed by atoms with van der Waals surface area (Å²) in [6.07, 6.45) is 3.34. The molecule has 1 saturated heterocycles. The number of unbranched alkanes of at least 4 members (excludes halogenated alkanes) is 1. The Kier molecular flexibility index (Phi) is 13.0. The van der Waals surface area contributed by atoms with E-state index in [9.17, 15) is 29.3 Å². The molecular weight excluding hydrogens is 520 g/mol. The summed E-state index contributed by atoms with van der Waals surface area (Å²) in [4.78, 5) is 67.3. The third-order valence-corrected chi connectivity index (χ3v) is 6.88. The number of primary amides is 1. The van der Waals surface area contributed by atoms with E-state index in [0.717, 1.165) is 0 Å². The number of ketones is 1. The summed E-state index contributed by atoms with van der Waals surface area (Å²) in [5.74, 6) is -2.45. The van der Waals surface area contributed by atoms with E-state index in [0.29, 0.717) is 57.2 Å². The van der Waals surface area contributed by atoms with Crippen LogP contribution in [-0.2, 0) is 25.6 Å². The minimum absolute atomic E-state index is 0.00231. The first kappa shape index (κ1) is 32.1. The normalized spacial score (nSPS) is 16.1. The highest BCUT2D eigenvalue weighted by molar-refractivity contribution is 5.94. The molecule has 0 aromatic heterocycles. The number of carbonyl (C=O) groups excluding carboxylic acids is 4. The summed E-state index contributed by atoms with van der Waals surface area (Å²) in [7, 11) is 0. The Hall–Kier alpha value is -4.07. The lowest BCUT2D eigenvalue weighted by Crippen LogP contribution is -2.48. The first-order valence-electron chi connectivity index (χ1n) is 13.4. The number of hydrogen-bond acceptors (Lipinski definition) is 8. The number of nitro groups is 1. The van der Waals surface area contributed by atoms with E-state index in [1.165, 1.54) is 29.2 Å². The number of likely N-dealkylation sites (tertiary alicyclic amines) is 1. The quantitative estimate of drug-likeness (QED) is 0.0558. The summed E-state index contributed by atoms with van der Waals surface area (Å²) in [6.45, 7) is 1.11. The molecule has 0 spiro atoms. The lowest BCUT2D eigenvalue weighted by Gasteiger charge is -2.26. The summed E-state index contributed by atoms with van der Waals surface area (Å²) in [5, 5.41) is 13.5. The van der Waals surface area contributed by atoms with E-state index < -0.39 is 34.7 Å². The molecule has 3 amide bonds. The van der Waals surface area contributed by atoms with Crippen molar-refractivity contribution in [2.24, 2.45) is 33.8 Å². The van der Waals surface area contributed by atoms with Gasteiger partial charge in [-0.15, -0.1) is 0 Å². The molecule has 9 N–H and O–H groups in total. The number of carbonyl (C=O) groups is 4. The summed E-state index contributed by atoms with van der Waals surface area (Å²) in [5.41, 5.74) is 22.2. The number of benzene rings is 1. The van der Waals surface area contributed by atoms with Gasteiger partial charge in [-0.2, -0.15) is 0 Å². The zero-order valence-corrected chi connectivity index (χ0v) is 22.6. The van der Waals surface area contributed by atoms with Gasteiger partial charge in [0.1, 0.15) is 6.04 Å². The number of amides is 3. The van der Waals surface area contributed by atoms with E-state index in [1.54, 1.807) is 0 Å².